The third-order valence-corrected chi connectivity index (χ3v) is 4.43. The van der Waals surface area contributed by atoms with Crippen LogP contribution in [0, 0.1) is 0 Å². The summed E-state index contributed by atoms with van der Waals surface area (Å²) in [5.74, 6) is 0.513. The van der Waals surface area contributed by atoms with Crippen LogP contribution in [-0.4, -0.2) is 12.1 Å². The van der Waals surface area contributed by atoms with Gasteiger partial charge in [0, 0.05) is 6.54 Å². The minimum absolute atomic E-state index is 0.172. The fourth-order valence-electron chi connectivity index (χ4n) is 2.94. The Morgan fingerprint density at radius 3 is 2.17 bits per heavy atom. The van der Waals surface area contributed by atoms with Crippen LogP contribution < -0.4 is 10.1 Å². The monoisotopic (exact) mass is 413 g/mol. The Kier molecular flexibility index (Phi) is 7.12. The highest BCUT2D eigenvalue weighted by atomic mass is 19.4. The number of ether oxygens (including phenoxy) is 1. The molecule has 156 valence electrons. The van der Waals surface area contributed by atoms with Crippen LogP contribution in [-0.2, 0) is 30.8 Å². The molecule has 0 aliphatic carbocycles. The van der Waals surface area contributed by atoms with Crippen molar-refractivity contribution in [2.45, 2.75) is 32.2 Å². The van der Waals surface area contributed by atoms with Crippen molar-refractivity contribution in [2.24, 2.45) is 0 Å². The highest BCUT2D eigenvalue weighted by Gasteiger charge is 2.27. The first kappa shape index (κ1) is 21.4. The molecular weight excluding hydrogens is 391 g/mol. The van der Waals surface area contributed by atoms with Gasteiger partial charge >= 0.3 is 6.18 Å². The zero-order valence-corrected chi connectivity index (χ0v) is 16.3. The SMILES string of the molecule is O=C(Cc1cccc(OCc2ccccc2)c1)NCc1ccc(CC(F)(F)F)cc1. The fraction of sp³-hybridized carbons (Fsp3) is 0.208. The van der Waals surface area contributed by atoms with E-state index in [9.17, 15) is 18.0 Å². The van der Waals surface area contributed by atoms with Gasteiger partial charge in [-0.3, -0.25) is 4.79 Å². The van der Waals surface area contributed by atoms with E-state index in [0.717, 1.165) is 16.7 Å². The Morgan fingerprint density at radius 1 is 0.800 bits per heavy atom. The molecule has 0 aromatic heterocycles. The van der Waals surface area contributed by atoms with E-state index >= 15 is 0 Å². The Labute approximate surface area is 173 Å². The summed E-state index contributed by atoms with van der Waals surface area (Å²) in [4.78, 5) is 12.2. The summed E-state index contributed by atoms with van der Waals surface area (Å²) < 4.78 is 43.0. The first-order valence-electron chi connectivity index (χ1n) is 9.54. The number of amides is 1. The number of hydrogen-bond acceptors (Lipinski definition) is 2. The number of alkyl halides is 3. The molecule has 3 aromatic rings. The molecule has 0 radical (unpaired) electrons. The Balaban J connectivity index is 1.47. The topological polar surface area (TPSA) is 38.3 Å². The molecule has 1 amide bonds. The summed E-state index contributed by atoms with van der Waals surface area (Å²) in [7, 11) is 0. The Hall–Kier alpha value is -3.28. The van der Waals surface area contributed by atoms with Gasteiger partial charge in [0.05, 0.1) is 12.8 Å². The molecule has 0 aliphatic heterocycles. The van der Waals surface area contributed by atoms with Gasteiger partial charge in [0.1, 0.15) is 12.4 Å². The zero-order valence-electron chi connectivity index (χ0n) is 16.3. The van der Waals surface area contributed by atoms with E-state index in [2.05, 4.69) is 5.32 Å². The van der Waals surface area contributed by atoms with Crippen molar-refractivity contribution >= 4 is 5.91 Å². The standard InChI is InChI=1S/C24H22F3NO2/c25-24(26,27)15-18-9-11-19(12-10-18)16-28-23(29)14-21-7-4-8-22(13-21)30-17-20-5-2-1-3-6-20/h1-13H,14-17H2,(H,28,29). The lowest BCUT2D eigenvalue weighted by Gasteiger charge is -2.10. The van der Waals surface area contributed by atoms with Gasteiger partial charge < -0.3 is 10.1 Å². The lowest BCUT2D eigenvalue weighted by molar-refractivity contribution is -0.127. The number of benzene rings is 3. The van der Waals surface area contributed by atoms with Crippen LogP contribution in [0.4, 0.5) is 13.2 Å². The molecule has 3 aromatic carbocycles. The average molecular weight is 413 g/mol. The molecule has 3 nitrogen and oxygen atoms in total. The van der Waals surface area contributed by atoms with E-state index in [0.29, 0.717) is 12.4 Å². The number of nitrogens with one attached hydrogen (secondary N) is 1. The van der Waals surface area contributed by atoms with Gasteiger partial charge in [-0.15, -0.1) is 0 Å². The van der Waals surface area contributed by atoms with Crippen molar-refractivity contribution in [3.63, 3.8) is 0 Å². The predicted molar refractivity (Wildman–Crippen MR) is 109 cm³/mol. The first-order chi connectivity index (χ1) is 14.4. The first-order valence-corrected chi connectivity index (χ1v) is 9.54. The van der Waals surface area contributed by atoms with Crippen molar-refractivity contribution in [1.29, 1.82) is 0 Å². The van der Waals surface area contributed by atoms with E-state index < -0.39 is 12.6 Å². The number of carbonyl (C=O) groups excluding carboxylic acids is 1. The zero-order chi connectivity index (χ0) is 21.4. The molecule has 6 heteroatoms. The van der Waals surface area contributed by atoms with Crippen LogP contribution in [0.3, 0.4) is 0 Å². The molecule has 0 aliphatic rings. The smallest absolute Gasteiger partial charge is 0.393 e. The van der Waals surface area contributed by atoms with Crippen LogP contribution >= 0.6 is 0 Å². The minimum atomic E-state index is -4.23. The van der Waals surface area contributed by atoms with Gasteiger partial charge in [-0.1, -0.05) is 66.7 Å². The van der Waals surface area contributed by atoms with Gasteiger partial charge in [0.15, 0.2) is 0 Å². The van der Waals surface area contributed by atoms with Crippen LogP contribution in [0.25, 0.3) is 0 Å². The maximum atomic E-state index is 12.4. The van der Waals surface area contributed by atoms with Crippen LogP contribution in [0.5, 0.6) is 5.75 Å². The van der Waals surface area contributed by atoms with Crippen LogP contribution in [0.15, 0.2) is 78.9 Å². The maximum Gasteiger partial charge on any atom is 0.393 e. The van der Waals surface area contributed by atoms with E-state index in [1.807, 2.05) is 54.6 Å². The molecule has 0 saturated heterocycles. The van der Waals surface area contributed by atoms with E-state index in [4.69, 9.17) is 4.74 Å². The number of rotatable bonds is 8. The highest BCUT2D eigenvalue weighted by molar-refractivity contribution is 5.78. The average Bonchev–Trinajstić information content (AvgIpc) is 2.72. The Morgan fingerprint density at radius 2 is 1.47 bits per heavy atom. The highest BCUT2D eigenvalue weighted by Crippen LogP contribution is 2.21. The van der Waals surface area contributed by atoms with Crippen LogP contribution in [0.1, 0.15) is 22.3 Å². The lowest BCUT2D eigenvalue weighted by atomic mass is 10.1. The third-order valence-electron chi connectivity index (χ3n) is 4.43. The molecule has 0 unspecified atom stereocenters. The van der Waals surface area contributed by atoms with Crippen molar-refractivity contribution in [3.05, 3.63) is 101 Å². The molecule has 1 N–H and O–H groups in total. The second kappa shape index (κ2) is 9.96. The second-order valence-electron chi connectivity index (χ2n) is 6.98. The maximum absolute atomic E-state index is 12.4. The summed E-state index contributed by atoms with van der Waals surface area (Å²) >= 11 is 0. The van der Waals surface area contributed by atoms with Crippen molar-refractivity contribution < 1.29 is 22.7 Å². The summed E-state index contributed by atoms with van der Waals surface area (Å²) in [6.07, 6.45) is -4.99. The summed E-state index contributed by atoms with van der Waals surface area (Å²) in [6.45, 7) is 0.705. The third kappa shape index (κ3) is 7.28. The molecule has 0 heterocycles. The minimum Gasteiger partial charge on any atom is -0.489 e. The quantitative estimate of drug-likeness (QED) is 0.549. The molecule has 0 atom stereocenters. The van der Waals surface area contributed by atoms with Gasteiger partial charge in [-0.25, -0.2) is 0 Å². The van der Waals surface area contributed by atoms with Gasteiger partial charge in [0.2, 0.25) is 5.91 Å². The second-order valence-corrected chi connectivity index (χ2v) is 6.98. The molecule has 30 heavy (non-hydrogen) atoms. The van der Waals surface area contributed by atoms with Crippen molar-refractivity contribution in [2.75, 3.05) is 0 Å². The molecule has 0 bridgehead atoms. The fourth-order valence-corrected chi connectivity index (χ4v) is 2.94. The van der Waals surface area contributed by atoms with Gasteiger partial charge in [-0.2, -0.15) is 13.2 Å². The van der Waals surface area contributed by atoms with E-state index in [1.165, 1.54) is 12.1 Å². The Bertz CT molecular complexity index is 954. The van der Waals surface area contributed by atoms with E-state index in [-0.39, 0.29) is 24.4 Å². The number of carbonyl (C=O) groups is 1. The number of hydrogen-bond donors (Lipinski definition) is 1. The molecular formula is C24H22F3NO2. The molecule has 0 spiro atoms. The molecule has 0 saturated carbocycles. The number of halogens is 3. The predicted octanol–water partition coefficient (Wildman–Crippen LogP) is 5.23. The lowest BCUT2D eigenvalue weighted by Crippen LogP contribution is -2.24. The summed E-state index contributed by atoms with van der Waals surface area (Å²) in [6, 6.07) is 23.2. The van der Waals surface area contributed by atoms with Crippen molar-refractivity contribution in [1.82, 2.24) is 5.32 Å². The van der Waals surface area contributed by atoms with E-state index in [1.54, 1.807) is 12.1 Å². The van der Waals surface area contributed by atoms with Gasteiger partial charge in [-0.05, 0) is 34.4 Å². The summed E-state index contributed by atoms with van der Waals surface area (Å²) in [5, 5.41) is 2.79. The van der Waals surface area contributed by atoms with Gasteiger partial charge in [0.25, 0.3) is 0 Å². The van der Waals surface area contributed by atoms with Crippen molar-refractivity contribution in [3.8, 4) is 5.75 Å². The molecule has 3 rings (SSSR count). The normalized spacial score (nSPS) is 11.2. The largest absolute Gasteiger partial charge is 0.489 e. The molecule has 0 fully saturated rings. The van der Waals surface area contributed by atoms with Crippen LogP contribution in [0.2, 0.25) is 0 Å². The summed E-state index contributed by atoms with van der Waals surface area (Å²) in [5.41, 5.74) is 2.82.